The molecule has 0 heterocycles. The quantitative estimate of drug-likeness (QED) is 0.881. The molecule has 0 aliphatic rings. The van der Waals surface area contributed by atoms with Crippen molar-refractivity contribution in [1.82, 2.24) is 5.32 Å². The van der Waals surface area contributed by atoms with Crippen LogP contribution in [0.3, 0.4) is 0 Å². The number of carbonyl (C=O) groups is 1. The van der Waals surface area contributed by atoms with Crippen molar-refractivity contribution in [2.45, 2.75) is 20.3 Å². The maximum atomic E-state index is 13.0. The van der Waals surface area contributed by atoms with Gasteiger partial charge in [0.2, 0.25) is 0 Å². The predicted molar refractivity (Wildman–Crippen MR) is 86.1 cm³/mol. The third-order valence-electron chi connectivity index (χ3n) is 3.42. The van der Waals surface area contributed by atoms with Crippen LogP contribution in [0.1, 0.15) is 27.0 Å². The summed E-state index contributed by atoms with van der Waals surface area (Å²) in [4.78, 5) is 12.1. The van der Waals surface area contributed by atoms with Crippen LogP contribution in [-0.4, -0.2) is 12.5 Å². The van der Waals surface area contributed by atoms with Crippen LogP contribution in [0, 0.1) is 19.7 Å². The van der Waals surface area contributed by atoms with Crippen molar-refractivity contribution < 1.29 is 9.18 Å². The highest BCUT2D eigenvalue weighted by molar-refractivity contribution is 9.10. The van der Waals surface area contributed by atoms with Crippen LogP contribution in [0.5, 0.6) is 0 Å². The van der Waals surface area contributed by atoms with Crippen LogP contribution < -0.4 is 5.32 Å². The van der Waals surface area contributed by atoms with E-state index in [0.717, 1.165) is 21.2 Å². The minimum Gasteiger partial charge on any atom is -0.352 e. The van der Waals surface area contributed by atoms with Gasteiger partial charge in [0.05, 0.1) is 5.56 Å². The van der Waals surface area contributed by atoms with Gasteiger partial charge < -0.3 is 5.32 Å². The molecule has 110 valence electrons. The van der Waals surface area contributed by atoms with E-state index in [1.165, 1.54) is 12.1 Å². The molecule has 0 radical (unpaired) electrons. The first-order valence-corrected chi connectivity index (χ1v) is 7.56. The molecule has 21 heavy (non-hydrogen) atoms. The van der Waals surface area contributed by atoms with E-state index in [9.17, 15) is 9.18 Å². The van der Waals surface area contributed by atoms with Crippen LogP contribution in [0.4, 0.5) is 4.39 Å². The molecule has 4 heteroatoms. The Morgan fingerprint density at radius 3 is 2.67 bits per heavy atom. The fourth-order valence-corrected chi connectivity index (χ4v) is 2.61. The number of amides is 1. The summed E-state index contributed by atoms with van der Waals surface area (Å²) < 4.78 is 13.8. The summed E-state index contributed by atoms with van der Waals surface area (Å²) in [6.45, 7) is 4.34. The Hall–Kier alpha value is -1.68. The topological polar surface area (TPSA) is 29.1 Å². The molecule has 2 nitrogen and oxygen atoms in total. The molecule has 0 saturated heterocycles. The average Bonchev–Trinajstić information content (AvgIpc) is 2.44. The third-order valence-corrected chi connectivity index (χ3v) is 4.47. The third kappa shape index (κ3) is 3.91. The molecule has 0 aliphatic heterocycles. The fourth-order valence-electron chi connectivity index (χ4n) is 2.17. The smallest absolute Gasteiger partial charge is 0.252 e. The van der Waals surface area contributed by atoms with Gasteiger partial charge in [0, 0.05) is 11.0 Å². The van der Waals surface area contributed by atoms with Gasteiger partial charge in [-0.05, 0) is 71.1 Å². The number of benzene rings is 2. The van der Waals surface area contributed by atoms with Gasteiger partial charge in [0.1, 0.15) is 5.82 Å². The van der Waals surface area contributed by atoms with E-state index in [2.05, 4.69) is 21.2 Å². The van der Waals surface area contributed by atoms with Crippen molar-refractivity contribution >= 4 is 21.8 Å². The highest BCUT2D eigenvalue weighted by Gasteiger charge is 2.10. The lowest BCUT2D eigenvalue weighted by Crippen LogP contribution is -2.26. The Labute approximate surface area is 132 Å². The summed E-state index contributed by atoms with van der Waals surface area (Å²) >= 11 is 3.43. The fraction of sp³-hybridized carbons (Fsp3) is 0.235. The van der Waals surface area contributed by atoms with Crippen molar-refractivity contribution in [3.8, 4) is 0 Å². The van der Waals surface area contributed by atoms with E-state index in [0.29, 0.717) is 18.5 Å². The number of rotatable bonds is 4. The summed E-state index contributed by atoms with van der Waals surface area (Å²) in [6, 6.07) is 10.3. The lowest BCUT2D eigenvalue weighted by molar-refractivity contribution is 0.0953. The standard InChI is InChI=1S/C17H17BrFNO/c1-11-4-3-5-15(16(11)18)17(21)20-9-8-13-6-7-14(19)10-12(13)2/h3-7,10H,8-9H2,1-2H3,(H,20,21). The molecule has 2 rings (SSSR count). The molecule has 0 atom stereocenters. The maximum absolute atomic E-state index is 13.0. The second-order valence-corrected chi connectivity index (χ2v) is 5.81. The van der Waals surface area contributed by atoms with Crippen molar-refractivity contribution in [3.05, 3.63) is 68.9 Å². The predicted octanol–water partition coefficient (Wildman–Crippen LogP) is 4.18. The van der Waals surface area contributed by atoms with Gasteiger partial charge in [-0.25, -0.2) is 4.39 Å². The van der Waals surface area contributed by atoms with Gasteiger partial charge in [-0.1, -0.05) is 18.2 Å². The van der Waals surface area contributed by atoms with Gasteiger partial charge in [0.15, 0.2) is 0 Å². The summed E-state index contributed by atoms with van der Waals surface area (Å²) in [7, 11) is 0. The molecule has 0 aromatic heterocycles. The van der Waals surface area contributed by atoms with Crippen LogP contribution >= 0.6 is 15.9 Å². The zero-order valence-electron chi connectivity index (χ0n) is 12.0. The second-order valence-electron chi connectivity index (χ2n) is 5.01. The Bertz CT molecular complexity index is 670. The van der Waals surface area contributed by atoms with Gasteiger partial charge in [-0.3, -0.25) is 4.79 Å². The average molecular weight is 350 g/mol. The van der Waals surface area contributed by atoms with Gasteiger partial charge in [0.25, 0.3) is 5.91 Å². The summed E-state index contributed by atoms with van der Waals surface area (Å²) in [5.41, 5.74) is 3.60. The molecule has 1 N–H and O–H groups in total. The summed E-state index contributed by atoms with van der Waals surface area (Å²) in [6.07, 6.45) is 0.682. The first kappa shape index (κ1) is 15.7. The van der Waals surface area contributed by atoms with E-state index in [-0.39, 0.29) is 11.7 Å². The molecule has 2 aromatic rings. The maximum Gasteiger partial charge on any atom is 0.252 e. The minimum atomic E-state index is -0.232. The van der Waals surface area contributed by atoms with Crippen LogP contribution in [0.15, 0.2) is 40.9 Å². The highest BCUT2D eigenvalue weighted by atomic mass is 79.9. The minimum absolute atomic E-state index is 0.106. The monoisotopic (exact) mass is 349 g/mol. The first-order valence-electron chi connectivity index (χ1n) is 6.77. The van der Waals surface area contributed by atoms with Crippen LogP contribution in [0.2, 0.25) is 0 Å². The number of aryl methyl sites for hydroxylation is 2. The van der Waals surface area contributed by atoms with Crippen LogP contribution in [0.25, 0.3) is 0 Å². The van der Waals surface area contributed by atoms with Gasteiger partial charge >= 0.3 is 0 Å². The normalized spacial score (nSPS) is 10.5. The van der Waals surface area contributed by atoms with Gasteiger partial charge in [-0.2, -0.15) is 0 Å². The SMILES string of the molecule is Cc1cc(F)ccc1CCNC(=O)c1cccc(C)c1Br. The molecule has 0 bridgehead atoms. The molecule has 0 aliphatic carbocycles. The lowest BCUT2D eigenvalue weighted by Gasteiger charge is -2.10. The Morgan fingerprint density at radius 2 is 1.95 bits per heavy atom. The molecule has 0 unspecified atom stereocenters. The number of hydrogen-bond donors (Lipinski definition) is 1. The Kier molecular flexibility index (Phi) is 5.12. The number of halogens is 2. The molecular formula is C17H17BrFNO. The second kappa shape index (κ2) is 6.85. The van der Waals surface area contributed by atoms with Crippen molar-refractivity contribution in [2.75, 3.05) is 6.54 Å². The number of carbonyl (C=O) groups excluding carboxylic acids is 1. The molecule has 0 fully saturated rings. The lowest BCUT2D eigenvalue weighted by atomic mass is 10.1. The van der Waals surface area contributed by atoms with Crippen LogP contribution in [-0.2, 0) is 6.42 Å². The van der Waals surface area contributed by atoms with E-state index >= 15 is 0 Å². The largest absolute Gasteiger partial charge is 0.352 e. The molecule has 2 aromatic carbocycles. The number of nitrogens with one attached hydrogen (secondary N) is 1. The van der Waals surface area contributed by atoms with E-state index < -0.39 is 0 Å². The van der Waals surface area contributed by atoms with E-state index in [1.54, 1.807) is 12.1 Å². The molecule has 0 spiro atoms. The Balaban J connectivity index is 1.97. The highest BCUT2D eigenvalue weighted by Crippen LogP contribution is 2.20. The zero-order chi connectivity index (χ0) is 15.4. The summed E-state index contributed by atoms with van der Waals surface area (Å²) in [5, 5.41) is 2.89. The first-order chi connectivity index (χ1) is 9.99. The number of hydrogen-bond acceptors (Lipinski definition) is 1. The van der Waals surface area contributed by atoms with E-state index in [4.69, 9.17) is 0 Å². The zero-order valence-corrected chi connectivity index (χ0v) is 13.6. The molecular weight excluding hydrogens is 333 g/mol. The van der Waals surface area contributed by atoms with Crippen molar-refractivity contribution in [1.29, 1.82) is 0 Å². The van der Waals surface area contributed by atoms with Gasteiger partial charge in [-0.15, -0.1) is 0 Å². The molecule has 0 saturated carbocycles. The summed E-state index contributed by atoms with van der Waals surface area (Å²) in [5.74, 6) is -0.339. The Morgan fingerprint density at radius 1 is 1.19 bits per heavy atom. The van der Waals surface area contributed by atoms with Crippen molar-refractivity contribution in [2.24, 2.45) is 0 Å². The van der Waals surface area contributed by atoms with Crippen molar-refractivity contribution in [3.63, 3.8) is 0 Å². The molecule has 1 amide bonds. The van der Waals surface area contributed by atoms with E-state index in [1.807, 2.05) is 26.0 Å².